The van der Waals surface area contributed by atoms with Crippen LogP contribution in [0.3, 0.4) is 0 Å². The van der Waals surface area contributed by atoms with E-state index in [1.165, 1.54) is 7.05 Å². The second-order valence-corrected chi connectivity index (χ2v) is 4.63. The van der Waals surface area contributed by atoms with E-state index in [2.05, 4.69) is 5.32 Å². The van der Waals surface area contributed by atoms with Gasteiger partial charge in [-0.1, -0.05) is 27.7 Å². The lowest BCUT2D eigenvalue weighted by atomic mass is 9.76. The number of rotatable bonds is 5. The van der Waals surface area contributed by atoms with Gasteiger partial charge in [0.05, 0.1) is 12.5 Å². The van der Waals surface area contributed by atoms with Gasteiger partial charge in [-0.05, 0) is 0 Å². The summed E-state index contributed by atoms with van der Waals surface area (Å²) in [6, 6.07) is 0. The largest absolute Gasteiger partial charge is 0.392 e. The molecule has 0 rings (SSSR count). The Balaban J connectivity index is 4.58. The molecule has 2 N–H and O–H groups in total. The topological polar surface area (TPSA) is 66.4 Å². The van der Waals surface area contributed by atoms with Crippen molar-refractivity contribution in [3.63, 3.8) is 0 Å². The third-order valence-electron chi connectivity index (χ3n) is 2.65. The lowest BCUT2D eigenvalue weighted by Crippen LogP contribution is -2.42. The fraction of sp³-hybridized carbons (Fsp3) is 0.818. The molecule has 1 amide bonds. The van der Waals surface area contributed by atoms with Crippen molar-refractivity contribution in [1.29, 1.82) is 0 Å². The van der Waals surface area contributed by atoms with Gasteiger partial charge in [-0.2, -0.15) is 0 Å². The Bertz CT molecular complexity index is 246. The van der Waals surface area contributed by atoms with E-state index in [0.717, 1.165) is 0 Å². The summed E-state index contributed by atoms with van der Waals surface area (Å²) in [4.78, 5) is 22.9. The number of nitrogens with one attached hydrogen (secondary N) is 1. The zero-order valence-electron chi connectivity index (χ0n) is 10.1. The molecule has 15 heavy (non-hydrogen) atoms. The van der Waals surface area contributed by atoms with Gasteiger partial charge in [0.25, 0.3) is 0 Å². The molecule has 0 aliphatic carbocycles. The SMILES string of the molecule is CNC(=O)CC(O)C(C)(C)C(=O)C(C)C. The lowest BCUT2D eigenvalue weighted by molar-refractivity contribution is -0.138. The van der Waals surface area contributed by atoms with Crippen molar-refractivity contribution in [3.8, 4) is 0 Å². The molecule has 88 valence electrons. The molecular formula is C11H21NO3. The van der Waals surface area contributed by atoms with Crippen LogP contribution in [0.4, 0.5) is 0 Å². The fourth-order valence-electron chi connectivity index (χ4n) is 1.44. The molecule has 0 bridgehead atoms. The number of hydrogen-bond donors (Lipinski definition) is 2. The minimum absolute atomic E-state index is 0.0288. The van der Waals surface area contributed by atoms with Crippen LogP contribution < -0.4 is 5.32 Å². The molecular weight excluding hydrogens is 194 g/mol. The predicted molar refractivity (Wildman–Crippen MR) is 58.3 cm³/mol. The van der Waals surface area contributed by atoms with Crippen molar-refractivity contribution in [2.45, 2.75) is 40.2 Å². The van der Waals surface area contributed by atoms with E-state index >= 15 is 0 Å². The maximum absolute atomic E-state index is 11.8. The van der Waals surface area contributed by atoms with Gasteiger partial charge in [-0.15, -0.1) is 0 Å². The van der Waals surface area contributed by atoms with E-state index in [-0.39, 0.29) is 24.0 Å². The van der Waals surface area contributed by atoms with Gasteiger partial charge in [0, 0.05) is 18.4 Å². The first-order valence-electron chi connectivity index (χ1n) is 5.16. The second-order valence-electron chi connectivity index (χ2n) is 4.63. The first kappa shape index (κ1) is 14.1. The summed E-state index contributed by atoms with van der Waals surface area (Å²) < 4.78 is 0. The van der Waals surface area contributed by atoms with E-state index in [1.807, 2.05) is 0 Å². The fourth-order valence-corrected chi connectivity index (χ4v) is 1.44. The Morgan fingerprint density at radius 2 is 1.80 bits per heavy atom. The Kier molecular flexibility index (Phi) is 4.94. The molecule has 1 unspecified atom stereocenters. The number of carbonyl (C=O) groups excluding carboxylic acids is 2. The number of ketones is 1. The lowest BCUT2D eigenvalue weighted by Gasteiger charge is -2.30. The van der Waals surface area contributed by atoms with Gasteiger partial charge < -0.3 is 10.4 Å². The molecule has 0 aliphatic heterocycles. The number of carbonyl (C=O) groups is 2. The number of hydrogen-bond acceptors (Lipinski definition) is 3. The summed E-state index contributed by atoms with van der Waals surface area (Å²) >= 11 is 0. The van der Waals surface area contributed by atoms with Crippen molar-refractivity contribution in [2.75, 3.05) is 7.05 Å². The molecule has 0 aromatic heterocycles. The normalized spacial score (nSPS) is 13.8. The maximum Gasteiger partial charge on any atom is 0.222 e. The Morgan fingerprint density at radius 3 is 2.13 bits per heavy atom. The molecule has 0 heterocycles. The minimum atomic E-state index is -0.938. The molecule has 0 saturated carbocycles. The van der Waals surface area contributed by atoms with E-state index in [0.29, 0.717) is 0 Å². The zero-order valence-corrected chi connectivity index (χ0v) is 10.1. The van der Waals surface area contributed by atoms with Crippen LogP contribution in [0, 0.1) is 11.3 Å². The third kappa shape index (κ3) is 3.63. The summed E-state index contributed by atoms with van der Waals surface area (Å²) in [6.45, 7) is 6.92. The quantitative estimate of drug-likeness (QED) is 0.710. The average Bonchev–Trinajstić information content (AvgIpc) is 2.15. The van der Waals surface area contributed by atoms with Crippen LogP contribution in [0.15, 0.2) is 0 Å². The van der Waals surface area contributed by atoms with E-state index in [1.54, 1.807) is 27.7 Å². The highest BCUT2D eigenvalue weighted by Crippen LogP contribution is 2.27. The summed E-state index contributed by atoms with van der Waals surface area (Å²) in [6.07, 6.45) is -0.977. The van der Waals surface area contributed by atoms with Gasteiger partial charge >= 0.3 is 0 Å². The highest BCUT2D eigenvalue weighted by Gasteiger charge is 2.37. The van der Waals surface area contributed by atoms with Gasteiger partial charge in [0.15, 0.2) is 0 Å². The summed E-state index contributed by atoms with van der Waals surface area (Å²) in [7, 11) is 1.51. The van der Waals surface area contributed by atoms with Crippen LogP contribution in [0.2, 0.25) is 0 Å². The van der Waals surface area contributed by atoms with Crippen molar-refractivity contribution >= 4 is 11.7 Å². The molecule has 4 nitrogen and oxygen atoms in total. The predicted octanol–water partition coefficient (Wildman–Crippen LogP) is 0.735. The minimum Gasteiger partial charge on any atom is -0.392 e. The van der Waals surface area contributed by atoms with E-state index < -0.39 is 11.5 Å². The number of Topliss-reactive ketones (excluding diaryl/α,β-unsaturated/α-hetero) is 1. The number of amides is 1. The van der Waals surface area contributed by atoms with Gasteiger partial charge in [0.2, 0.25) is 5.91 Å². The maximum atomic E-state index is 11.8. The molecule has 0 aromatic carbocycles. The molecule has 4 heteroatoms. The summed E-state index contributed by atoms with van der Waals surface area (Å²) in [5.41, 5.74) is -0.874. The number of aliphatic hydroxyl groups is 1. The average molecular weight is 215 g/mol. The molecule has 0 radical (unpaired) electrons. The van der Waals surface area contributed by atoms with Crippen LogP contribution in [0.25, 0.3) is 0 Å². The molecule has 0 aliphatic rings. The van der Waals surface area contributed by atoms with Crippen LogP contribution in [-0.2, 0) is 9.59 Å². The molecule has 0 saturated heterocycles. The van der Waals surface area contributed by atoms with E-state index in [4.69, 9.17) is 0 Å². The van der Waals surface area contributed by atoms with Crippen LogP contribution >= 0.6 is 0 Å². The molecule has 0 aromatic rings. The Hall–Kier alpha value is -0.900. The van der Waals surface area contributed by atoms with E-state index in [9.17, 15) is 14.7 Å². The standard InChI is InChI=1S/C11H21NO3/c1-7(2)10(15)11(3,4)8(13)6-9(14)12-5/h7-8,13H,6H2,1-5H3,(H,12,14). The van der Waals surface area contributed by atoms with Crippen LogP contribution in [0.1, 0.15) is 34.1 Å². The molecule has 1 atom stereocenters. The van der Waals surface area contributed by atoms with Gasteiger partial charge in [0.1, 0.15) is 5.78 Å². The van der Waals surface area contributed by atoms with Gasteiger partial charge in [-0.25, -0.2) is 0 Å². The Morgan fingerprint density at radius 1 is 1.33 bits per heavy atom. The summed E-state index contributed by atoms with van der Waals surface area (Å²) in [5, 5.41) is 12.2. The third-order valence-corrected chi connectivity index (χ3v) is 2.65. The van der Waals surface area contributed by atoms with Crippen LogP contribution in [-0.4, -0.2) is 29.9 Å². The molecule has 0 fully saturated rings. The second kappa shape index (κ2) is 5.26. The Labute approximate surface area is 91.1 Å². The highest BCUT2D eigenvalue weighted by atomic mass is 16.3. The highest BCUT2D eigenvalue weighted by molar-refractivity contribution is 5.87. The number of aliphatic hydroxyl groups excluding tert-OH is 1. The summed E-state index contributed by atoms with van der Waals surface area (Å²) in [5.74, 6) is -0.426. The monoisotopic (exact) mass is 215 g/mol. The van der Waals surface area contributed by atoms with Crippen LogP contribution in [0.5, 0.6) is 0 Å². The van der Waals surface area contributed by atoms with Crippen molar-refractivity contribution in [2.24, 2.45) is 11.3 Å². The van der Waals surface area contributed by atoms with Crippen molar-refractivity contribution in [1.82, 2.24) is 5.32 Å². The first-order valence-corrected chi connectivity index (χ1v) is 5.16. The first-order chi connectivity index (χ1) is 6.73. The smallest absolute Gasteiger partial charge is 0.222 e. The van der Waals surface area contributed by atoms with Gasteiger partial charge in [-0.3, -0.25) is 9.59 Å². The van der Waals surface area contributed by atoms with Crippen molar-refractivity contribution in [3.05, 3.63) is 0 Å². The molecule has 0 spiro atoms. The van der Waals surface area contributed by atoms with Crippen molar-refractivity contribution < 1.29 is 14.7 Å². The zero-order chi connectivity index (χ0) is 12.2.